The lowest BCUT2D eigenvalue weighted by Gasteiger charge is -2.07. The lowest BCUT2D eigenvalue weighted by molar-refractivity contribution is 0.0958. The van der Waals surface area contributed by atoms with Crippen molar-refractivity contribution < 1.29 is 4.79 Å². The van der Waals surface area contributed by atoms with Crippen molar-refractivity contribution in [2.24, 2.45) is 0 Å². The van der Waals surface area contributed by atoms with Crippen LogP contribution in [-0.2, 0) is 0 Å². The third kappa shape index (κ3) is 3.19. The van der Waals surface area contributed by atoms with Crippen LogP contribution in [0.3, 0.4) is 0 Å². The highest BCUT2D eigenvalue weighted by Crippen LogP contribution is 2.13. The van der Waals surface area contributed by atoms with Crippen molar-refractivity contribution in [1.82, 2.24) is 10.4 Å². The first-order chi connectivity index (χ1) is 8.25. The molecule has 0 atom stereocenters. The van der Waals surface area contributed by atoms with E-state index in [9.17, 15) is 4.79 Å². The quantitative estimate of drug-likeness (QED) is 0.820. The number of amides is 1. The van der Waals surface area contributed by atoms with E-state index in [2.05, 4.69) is 15.8 Å². The highest BCUT2D eigenvalue weighted by atomic mass is 35.5. The molecule has 1 heterocycles. The highest BCUT2D eigenvalue weighted by Gasteiger charge is 2.04. The maximum absolute atomic E-state index is 11.6. The van der Waals surface area contributed by atoms with Gasteiger partial charge in [0.2, 0.25) is 0 Å². The van der Waals surface area contributed by atoms with Gasteiger partial charge < -0.3 is 0 Å². The molecular formula is C12H10ClN3O. The van der Waals surface area contributed by atoms with E-state index in [1.165, 1.54) is 0 Å². The Morgan fingerprint density at radius 2 is 2.06 bits per heavy atom. The molecule has 0 fully saturated rings. The molecule has 2 rings (SSSR count). The van der Waals surface area contributed by atoms with E-state index in [4.69, 9.17) is 11.6 Å². The molecule has 4 nitrogen and oxygen atoms in total. The van der Waals surface area contributed by atoms with E-state index in [0.29, 0.717) is 16.4 Å². The van der Waals surface area contributed by atoms with Crippen molar-refractivity contribution in [3.05, 3.63) is 59.4 Å². The van der Waals surface area contributed by atoms with Crippen molar-refractivity contribution in [3.8, 4) is 0 Å². The van der Waals surface area contributed by atoms with Gasteiger partial charge in [0, 0.05) is 11.2 Å². The first kappa shape index (κ1) is 11.4. The first-order valence-corrected chi connectivity index (χ1v) is 5.36. The number of hydrogen-bond donors (Lipinski definition) is 2. The molecule has 86 valence electrons. The van der Waals surface area contributed by atoms with Crippen LogP contribution in [0.15, 0.2) is 48.7 Å². The van der Waals surface area contributed by atoms with Crippen LogP contribution in [-0.4, -0.2) is 10.9 Å². The zero-order chi connectivity index (χ0) is 12.1. The molecule has 0 bridgehead atoms. The molecule has 0 radical (unpaired) electrons. The molecule has 5 heteroatoms. The van der Waals surface area contributed by atoms with Gasteiger partial charge in [-0.1, -0.05) is 23.7 Å². The fraction of sp³-hybridized carbons (Fsp3) is 0. The average Bonchev–Trinajstić information content (AvgIpc) is 2.37. The Labute approximate surface area is 104 Å². The van der Waals surface area contributed by atoms with Gasteiger partial charge in [-0.05, 0) is 30.3 Å². The van der Waals surface area contributed by atoms with E-state index in [1.807, 2.05) is 0 Å². The average molecular weight is 248 g/mol. The number of pyridine rings is 1. The molecule has 1 aromatic carbocycles. The van der Waals surface area contributed by atoms with Gasteiger partial charge in [0.25, 0.3) is 5.91 Å². The summed E-state index contributed by atoms with van der Waals surface area (Å²) in [4.78, 5) is 15.6. The zero-order valence-corrected chi connectivity index (χ0v) is 9.61. The summed E-state index contributed by atoms with van der Waals surface area (Å²) in [6, 6.07) is 12.2. The Balaban J connectivity index is 1.97. The fourth-order valence-electron chi connectivity index (χ4n) is 1.26. The molecule has 0 aliphatic rings. The van der Waals surface area contributed by atoms with Crippen LogP contribution in [0.5, 0.6) is 0 Å². The predicted octanol–water partition coefficient (Wildman–Crippen LogP) is 2.49. The number of halogens is 1. The van der Waals surface area contributed by atoms with Crippen LogP contribution < -0.4 is 10.9 Å². The number of nitrogens with one attached hydrogen (secondary N) is 2. The van der Waals surface area contributed by atoms with Gasteiger partial charge in [0.05, 0.1) is 5.69 Å². The van der Waals surface area contributed by atoms with Crippen LogP contribution in [0, 0.1) is 0 Å². The molecule has 2 aromatic rings. The number of carbonyl (C=O) groups is 1. The van der Waals surface area contributed by atoms with Crippen LogP contribution in [0.4, 0.5) is 5.69 Å². The number of hydrazine groups is 1. The van der Waals surface area contributed by atoms with E-state index in [0.717, 1.165) is 0 Å². The molecule has 0 unspecified atom stereocenters. The first-order valence-electron chi connectivity index (χ1n) is 4.98. The van der Waals surface area contributed by atoms with Gasteiger partial charge in [-0.3, -0.25) is 20.6 Å². The number of aromatic nitrogens is 1. The van der Waals surface area contributed by atoms with Gasteiger partial charge in [0.1, 0.15) is 5.69 Å². The Morgan fingerprint density at radius 3 is 2.76 bits per heavy atom. The summed E-state index contributed by atoms with van der Waals surface area (Å²) >= 11 is 5.81. The minimum atomic E-state index is -0.300. The molecular weight excluding hydrogens is 238 g/mol. The maximum atomic E-state index is 11.6. The van der Waals surface area contributed by atoms with Crippen molar-refractivity contribution in [1.29, 1.82) is 0 Å². The maximum Gasteiger partial charge on any atom is 0.288 e. The summed E-state index contributed by atoms with van der Waals surface area (Å²) in [7, 11) is 0. The van der Waals surface area contributed by atoms with E-state index < -0.39 is 0 Å². The van der Waals surface area contributed by atoms with Crippen molar-refractivity contribution in [2.45, 2.75) is 0 Å². The Bertz CT molecular complexity index is 516. The van der Waals surface area contributed by atoms with Crippen LogP contribution in [0.2, 0.25) is 5.02 Å². The molecule has 0 aliphatic carbocycles. The van der Waals surface area contributed by atoms with Gasteiger partial charge in [-0.15, -0.1) is 0 Å². The summed E-state index contributed by atoms with van der Waals surface area (Å²) in [6.07, 6.45) is 1.56. The molecule has 17 heavy (non-hydrogen) atoms. The lowest BCUT2D eigenvalue weighted by Crippen LogP contribution is -2.29. The summed E-state index contributed by atoms with van der Waals surface area (Å²) < 4.78 is 0. The monoisotopic (exact) mass is 247 g/mol. The standard InChI is InChI=1S/C12H10ClN3O/c13-9-4-3-5-10(8-9)15-16-12(17)11-6-1-2-7-14-11/h1-8,15H,(H,16,17). The predicted molar refractivity (Wildman–Crippen MR) is 66.8 cm³/mol. The lowest BCUT2D eigenvalue weighted by atomic mass is 10.3. The molecule has 0 saturated heterocycles. The minimum Gasteiger partial charge on any atom is -0.298 e. The highest BCUT2D eigenvalue weighted by molar-refractivity contribution is 6.30. The number of nitrogens with zero attached hydrogens (tertiary/aromatic N) is 1. The zero-order valence-electron chi connectivity index (χ0n) is 8.85. The van der Waals surface area contributed by atoms with Crippen molar-refractivity contribution in [3.63, 3.8) is 0 Å². The van der Waals surface area contributed by atoms with E-state index in [-0.39, 0.29) is 5.91 Å². The minimum absolute atomic E-state index is 0.300. The van der Waals surface area contributed by atoms with Gasteiger partial charge in [0.15, 0.2) is 0 Å². The van der Waals surface area contributed by atoms with Crippen molar-refractivity contribution >= 4 is 23.2 Å². The molecule has 0 saturated carbocycles. The largest absolute Gasteiger partial charge is 0.298 e. The Kier molecular flexibility index (Phi) is 3.57. The number of benzene rings is 1. The molecule has 2 N–H and O–H groups in total. The third-order valence-electron chi connectivity index (χ3n) is 2.04. The van der Waals surface area contributed by atoms with Gasteiger partial charge in [-0.25, -0.2) is 0 Å². The summed E-state index contributed by atoms with van der Waals surface area (Å²) in [5, 5.41) is 0.599. The Morgan fingerprint density at radius 1 is 1.18 bits per heavy atom. The van der Waals surface area contributed by atoms with Crippen molar-refractivity contribution in [2.75, 3.05) is 5.43 Å². The SMILES string of the molecule is O=C(NNc1cccc(Cl)c1)c1ccccn1. The second-order valence-corrected chi connectivity index (χ2v) is 3.74. The number of carbonyl (C=O) groups excluding carboxylic acids is 1. The molecule has 1 amide bonds. The molecule has 0 spiro atoms. The normalized spacial score (nSPS) is 9.71. The van der Waals surface area contributed by atoms with Gasteiger partial charge >= 0.3 is 0 Å². The van der Waals surface area contributed by atoms with Crippen LogP contribution in [0.1, 0.15) is 10.5 Å². The smallest absolute Gasteiger partial charge is 0.288 e. The summed E-state index contributed by atoms with van der Waals surface area (Å²) in [6.45, 7) is 0. The molecule has 0 aliphatic heterocycles. The topological polar surface area (TPSA) is 54.0 Å². The summed E-state index contributed by atoms with van der Waals surface area (Å²) in [5.74, 6) is -0.300. The van der Waals surface area contributed by atoms with Gasteiger partial charge in [-0.2, -0.15) is 0 Å². The number of hydrogen-bond acceptors (Lipinski definition) is 3. The van der Waals surface area contributed by atoms with Crippen LogP contribution >= 0.6 is 11.6 Å². The second-order valence-electron chi connectivity index (χ2n) is 3.30. The van der Waals surface area contributed by atoms with E-state index in [1.54, 1.807) is 48.7 Å². The molecule has 1 aromatic heterocycles. The van der Waals surface area contributed by atoms with Crippen LogP contribution in [0.25, 0.3) is 0 Å². The number of anilines is 1. The number of rotatable bonds is 3. The Hall–Kier alpha value is -2.07. The van der Waals surface area contributed by atoms with E-state index >= 15 is 0 Å². The third-order valence-corrected chi connectivity index (χ3v) is 2.28. The summed E-state index contributed by atoms with van der Waals surface area (Å²) in [5.41, 5.74) is 6.35. The fourth-order valence-corrected chi connectivity index (χ4v) is 1.45. The second kappa shape index (κ2) is 5.32.